The number of amides is 9. The first-order chi connectivity index (χ1) is 50.7. The van der Waals surface area contributed by atoms with Crippen LogP contribution >= 0.6 is 21.6 Å². The van der Waals surface area contributed by atoms with Crippen LogP contribution in [0.2, 0.25) is 0 Å². The Labute approximate surface area is 624 Å². The van der Waals surface area contributed by atoms with Crippen molar-refractivity contribution in [2.75, 3.05) is 50.8 Å². The van der Waals surface area contributed by atoms with Crippen molar-refractivity contribution < 1.29 is 72.2 Å². The van der Waals surface area contributed by atoms with E-state index >= 15 is 19.2 Å². The monoisotopic (exact) mass is 1510 g/mol. The lowest BCUT2D eigenvalue weighted by molar-refractivity contribution is -0.142. The average molecular weight is 1520 g/mol. The first kappa shape index (κ1) is 84.3. The number of benzene rings is 1. The van der Waals surface area contributed by atoms with Crippen LogP contribution in [0.1, 0.15) is 154 Å². The molecule has 0 spiro atoms. The summed E-state index contributed by atoms with van der Waals surface area (Å²) in [6.07, 6.45) is 4.54. The number of carboxylic acids is 1. The van der Waals surface area contributed by atoms with Crippen LogP contribution in [0, 0.1) is 35.5 Å². The maximum Gasteiger partial charge on any atom is 0.326 e. The van der Waals surface area contributed by atoms with Crippen LogP contribution in [0.15, 0.2) is 52.8 Å². The minimum absolute atomic E-state index is 0.0277. The molecule has 35 heteroatoms. The van der Waals surface area contributed by atoms with Gasteiger partial charge in [0, 0.05) is 112 Å². The molecule has 5 heterocycles. The third-order valence-electron chi connectivity index (χ3n) is 20.0. The van der Waals surface area contributed by atoms with Gasteiger partial charge in [-0.15, -0.1) is 0 Å². The van der Waals surface area contributed by atoms with Crippen molar-refractivity contribution in [2.45, 2.75) is 203 Å². The zero-order chi connectivity index (χ0) is 77.0. The Kier molecular flexibility index (Phi) is 33.7. The lowest BCUT2D eigenvalue weighted by Crippen LogP contribution is -2.56. The summed E-state index contributed by atoms with van der Waals surface area (Å²) in [5.74, 6) is -16.2. The number of imidazole rings is 1. The van der Waals surface area contributed by atoms with Crippen molar-refractivity contribution in [1.29, 1.82) is 0 Å². The summed E-state index contributed by atoms with van der Waals surface area (Å²) in [5.41, 5.74) is 29.4. The topological polar surface area (TPSA) is 533 Å². The molecule has 106 heavy (non-hydrogen) atoms. The number of carbonyl (C=O) groups is 14. The number of unbranched alkanes of at least 4 members (excludes halogenated alkanes) is 1. The number of hydrogen-bond donors (Lipinski definition) is 14. The van der Waals surface area contributed by atoms with Crippen LogP contribution in [-0.2, 0) is 80.0 Å². The Morgan fingerprint density at radius 1 is 0.736 bits per heavy atom. The van der Waals surface area contributed by atoms with E-state index in [2.05, 4.69) is 57.2 Å². The van der Waals surface area contributed by atoms with Gasteiger partial charge in [0.25, 0.3) is 0 Å². The molecule has 5 aliphatic rings. The number of hydrogen-bond acceptors (Lipinski definition) is 20. The molecule has 7 rings (SSSR count). The molecule has 2 aromatic rings. The molecule has 582 valence electrons. The van der Waals surface area contributed by atoms with Gasteiger partial charge in [0.1, 0.15) is 36.0 Å². The number of aromatic nitrogens is 2. The Balaban J connectivity index is 1.24. The van der Waals surface area contributed by atoms with E-state index in [0.717, 1.165) is 21.6 Å². The molecule has 33 nitrogen and oxygen atoms in total. The van der Waals surface area contributed by atoms with E-state index in [-0.39, 0.29) is 164 Å². The number of nitrogens with zero attached hydrogens (tertiary/aromatic N) is 5. The molecule has 1 aromatic carbocycles. The number of carbonyl (C=O) groups excluding carboxylic acids is 13. The fourth-order valence-corrected chi connectivity index (χ4v) is 16.7. The van der Waals surface area contributed by atoms with Crippen molar-refractivity contribution in [3.63, 3.8) is 0 Å². The number of ketones is 4. The van der Waals surface area contributed by atoms with Gasteiger partial charge in [0.2, 0.25) is 53.2 Å². The fraction of sp³-hybridized carbons (Fsp3) is 0.648. The second-order valence-corrected chi connectivity index (χ2v) is 31.0. The molecule has 1 aromatic heterocycles. The Hall–Kier alpha value is -8.99. The van der Waals surface area contributed by atoms with Gasteiger partial charge in [0.05, 0.1) is 36.9 Å². The molecule has 4 saturated heterocycles. The first-order valence-corrected chi connectivity index (χ1v) is 39.3. The number of H-pyrrole nitrogens is 1. The number of carboxylic acid groups (broad SMARTS) is 1. The molecule has 19 N–H and O–H groups in total. The quantitative estimate of drug-likeness (QED) is 0.0195. The van der Waals surface area contributed by atoms with Gasteiger partial charge in [-0.1, -0.05) is 72.2 Å². The van der Waals surface area contributed by atoms with Crippen LogP contribution in [0.25, 0.3) is 0 Å². The number of likely N-dealkylation sites (tertiary alicyclic amines) is 1. The number of aliphatic imine (C=N–C) groups is 2. The number of Topliss-reactive ketones (excluding diaryl/α,β-unsaturated/α-hetero) is 4. The van der Waals surface area contributed by atoms with Gasteiger partial charge < -0.3 is 85.8 Å². The van der Waals surface area contributed by atoms with Crippen LogP contribution in [0.3, 0.4) is 0 Å². The number of guanidine groups is 2. The van der Waals surface area contributed by atoms with E-state index < -0.39 is 174 Å². The maximum absolute atomic E-state index is 16.2. The highest BCUT2D eigenvalue weighted by Crippen LogP contribution is 2.34. The van der Waals surface area contributed by atoms with Crippen LogP contribution in [-0.4, -0.2) is 218 Å². The van der Waals surface area contributed by atoms with Crippen molar-refractivity contribution in [3.05, 3.63) is 54.1 Å². The third kappa shape index (κ3) is 25.9. The number of aliphatic carboxylic acids is 1. The maximum atomic E-state index is 16.2. The molecule has 9 amide bonds. The van der Waals surface area contributed by atoms with Gasteiger partial charge in [-0.3, -0.25) is 72.3 Å². The van der Waals surface area contributed by atoms with E-state index in [1.54, 1.807) is 30.3 Å². The minimum atomic E-state index is -1.49. The highest BCUT2D eigenvalue weighted by Gasteiger charge is 2.45. The van der Waals surface area contributed by atoms with Gasteiger partial charge in [0.15, 0.2) is 29.3 Å². The lowest BCUT2D eigenvalue weighted by atomic mass is 9.78. The van der Waals surface area contributed by atoms with Gasteiger partial charge in [-0.25, -0.2) is 9.78 Å². The van der Waals surface area contributed by atoms with E-state index in [9.17, 15) is 53.1 Å². The minimum Gasteiger partial charge on any atom is -0.480 e. The highest BCUT2D eigenvalue weighted by molar-refractivity contribution is 8.76. The van der Waals surface area contributed by atoms with Gasteiger partial charge in [-0.05, 0) is 114 Å². The van der Waals surface area contributed by atoms with E-state index in [4.69, 9.17) is 28.7 Å². The van der Waals surface area contributed by atoms with E-state index in [0.29, 0.717) is 43.4 Å². The van der Waals surface area contributed by atoms with Crippen LogP contribution in [0.5, 0.6) is 0 Å². The smallest absolute Gasteiger partial charge is 0.326 e. The highest BCUT2D eigenvalue weighted by atomic mass is 33.1. The predicted octanol–water partition coefficient (Wildman–Crippen LogP) is -0.531. The SMILES string of the molecule is CC(C)C[C@H](CC(=O)[C@H](CCCN=C(N)N)NC(=O)[C@@H]1CCCN1C(=O)[C@H](CCCN=C(N)N)NC(=O)[C@@H]1CCC(=O)C1)C(=O)N[C@H]1CSSC[C@@H](C(=O)N[C@@H](Cc2ccccc2)C(=O)O)NC(=O)[C@@H]2CCCC(C1=O)[C@@H](Cc1cnc[nH]1)C(=O)N[C@@H](CCCCN)C(=O)NCC(=O)N1CCC[C@H]1C(=O)C2. The third-order valence-corrected chi connectivity index (χ3v) is 22.4. The summed E-state index contributed by atoms with van der Waals surface area (Å²) in [4.78, 5) is 220. The number of rotatable bonds is 31. The molecule has 1 aliphatic carbocycles. The standard InChI is InChI=1S/C71H106N18O15S2/c1-40(2)29-44(33-57(91)49(18-9-25-78-70(73)74)82-67(101)56-21-12-28-89(56)68(102)51(19-10-26-79-71(75)76)84-62(96)43-22-23-46(90)31-43)63(97)86-53-37-105-106-38-54(66(100)85-52(69(103)104)30-41-13-4-3-5-14-41)87-61(95)42-15-8-16-47(60(53)94)48(34-45-35-77-39-81-45)64(98)83-50(17-6-7-24-72)65(99)80-36-59(93)88-27-11-20-55(88)58(92)32-42/h3-5,13-14,35,39-40,42-44,47-56H,6-12,15-34,36-38,72H2,1-2H3,(H,77,81)(H,80,99)(H,82,101)(H,83,98)(H,84,96)(H,85,100)(H,86,97)(H,87,95)(H,103,104)(H4,73,74,78)(H4,75,76,79)/t42-,43-,44-,47?,48-,49+,50+,51+,52+,53+,54+,55+,56+/m1/s1. The number of nitrogens with two attached hydrogens (primary N) is 5. The van der Waals surface area contributed by atoms with Crippen molar-refractivity contribution >= 4 is 116 Å². The van der Waals surface area contributed by atoms with E-state index in [1.165, 1.54) is 22.3 Å². The molecule has 5 fully saturated rings. The normalized spacial score (nSPS) is 24.1. The van der Waals surface area contributed by atoms with E-state index in [1.807, 2.05) is 13.8 Å². The first-order valence-electron chi connectivity index (χ1n) is 36.8. The Bertz CT molecular complexity index is 3470. The van der Waals surface area contributed by atoms with Crippen molar-refractivity contribution in [1.82, 2.24) is 57.0 Å². The predicted molar refractivity (Wildman–Crippen MR) is 396 cm³/mol. The number of aromatic amines is 1. The number of nitrogens with one attached hydrogen (secondary N) is 8. The Morgan fingerprint density at radius 2 is 1.42 bits per heavy atom. The summed E-state index contributed by atoms with van der Waals surface area (Å²) >= 11 is 0. The summed E-state index contributed by atoms with van der Waals surface area (Å²) < 4.78 is 0. The average Bonchev–Trinajstić information content (AvgIpc) is 0.863. The fourth-order valence-electron chi connectivity index (χ4n) is 14.4. The van der Waals surface area contributed by atoms with Gasteiger partial charge in [-0.2, -0.15) is 0 Å². The van der Waals surface area contributed by atoms with Gasteiger partial charge >= 0.3 is 5.97 Å². The summed E-state index contributed by atoms with van der Waals surface area (Å²) in [7, 11) is 2.02. The molecule has 13 atom stereocenters. The zero-order valence-corrected chi connectivity index (χ0v) is 62.1. The molecule has 2 bridgehead atoms. The zero-order valence-electron chi connectivity index (χ0n) is 60.4. The van der Waals surface area contributed by atoms with Crippen molar-refractivity contribution in [3.8, 4) is 0 Å². The summed E-state index contributed by atoms with van der Waals surface area (Å²) in [6.45, 7) is 3.82. The van der Waals surface area contributed by atoms with Crippen LogP contribution < -0.4 is 65.9 Å². The second kappa shape index (κ2) is 42.4. The molecular weight excluding hydrogens is 1410 g/mol. The second-order valence-electron chi connectivity index (χ2n) is 28.5. The molecule has 1 saturated carbocycles. The molecule has 4 aliphatic heterocycles. The molecule has 0 radical (unpaired) electrons. The lowest BCUT2D eigenvalue weighted by Gasteiger charge is -2.32. The van der Waals surface area contributed by atoms with Crippen LogP contribution in [0.4, 0.5) is 0 Å². The summed E-state index contributed by atoms with van der Waals surface area (Å²) in [6, 6.07) is -1.62. The number of fused-ring (bicyclic) bond motifs is 5. The molecular formula is C71H106N18O15S2. The summed E-state index contributed by atoms with van der Waals surface area (Å²) in [5, 5.41) is 30.0. The Morgan fingerprint density at radius 3 is 2.08 bits per heavy atom. The largest absolute Gasteiger partial charge is 0.480 e. The molecule has 1 unspecified atom stereocenters. The van der Waals surface area contributed by atoms with Crippen molar-refractivity contribution in [2.24, 2.45) is 74.2 Å².